The number of rotatable bonds is 7. The van der Waals surface area contributed by atoms with Crippen LogP contribution in [0.1, 0.15) is 27.0 Å². The van der Waals surface area contributed by atoms with Crippen LogP contribution in [0.5, 0.6) is 0 Å². The Bertz CT molecular complexity index is 1210. The minimum atomic E-state index is -0.581. The molecule has 0 radical (unpaired) electrons. The van der Waals surface area contributed by atoms with Gasteiger partial charge >= 0.3 is 0 Å². The third-order valence-electron chi connectivity index (χ3n) is 4.86. The zero-order valence-corrected chi connectivity index (χ0v) is 17.5. The van der Waals surface area contributed by atoms with Crippen molar-refractivity contribution in [3.8, 4) is 17.2 Å². The highest BCUT2D eigenvalue weighted by Crippen LogP contribution is 2.29. The molecular weight excluding hydrogens is 392 g/mol. The average molecular weight is 416 g/mol. The molecule has 1 amide bonds. The number of hydrogen-bond donors (Lipinski definition) is 3. The largest absolute Gasteiger partial charge is 0.395 e. The number of hydrogen-bond acceptors (Lipinski definition) is 5. The fourth-order valence-corrected chi connectivity index (χ4v) is 3.37. The van der Waals surface area contributed by atoms with E-state index in [0.29, 0.717) is 29.9 Å². The molecule has 0 aliphatic rings. The van der Waals surface area contributed by atoms with E-state index >= 15 is 0 Å². The molecule has 0 aliphatic heterocycles. The number of amides is 1. The Labute approximate surface area is 180 Å². The smallest absolute Gasteiger partial charge is 0.263 e. The summed E-state index contributed by atoms with van der Waals surface area (Å²) in [6.07, 6.45) is 1.64. The summed E-state index contributed by atoms with van der Waals surface area (Å²) in [6.45, 7) is 2.77. The van der Waals surface area contributed by atoms with Gasteiger partial charge in [-0.25, -0.2) is 0 Å². The Morgan fingerprint density at radius 2 is 1.97 bits per heavy atom. The second-order valence-corrected chi connectivity index (χ2v) is 7.24. The number of nitriles is 1. The molecule has 0 fully saturated rings. The highest BCUT2D eigenvalue weighted by Gasteiger charge is 2.17. The van der Waals surface area contributed by atoms with Crippen LogP contribution in [0.2, 0.25) is 0 Å². The summed E-state index contributed by atoms with van der Waals surface area (Å²) in [5.74, 6) is -0.581. The summed E-state index contributed by atoms with van der Waals surface area (Å²) in [4.78, 5) is 25.5. The highest BCUT2D eigenvalue weighted by molar-refractivity contribution is 6.05. The number of aromatic nitrogens is 1. The number of nitrogens with zero attached hydrogens (tertiary/aromatic N) is 2. The summed E-state index contributed by atoms with van der Waals surface area (Å²) in [5.41, 5.74) is 3.60. The maximum Gasteiger partial charge on any atom is 0.263 e. The summed E-state index contributed by atoms with van der Waals surface area (Å²) in [6, 6.07) is 16.7. The van der Waals surface area contributed by atoms with E-state index in [1.54, 1.807) is 25.4 Å². The van der Waals surface area contributed by atoms with E-state index in [9.17, 15) is 14.9 Å². The first-order valence-corrected chi connectivity index (χ1v) is 9.87. The van der Waals surface area contributed by atoms with Crippen molar-refractivity contribution in [3.63, 3.8) is 0 Å². The predicted octanol–water partition coefficient (Wildman–Crippen LogP) is 2.57. The van der Waals surface area contributed by atoms with Crippen LogP contribution in [-0.2, 0) is 13.6 Å². The van der Waals surface area contributed by atoms with E-state index in [-0.39, 0.29) is 12.2 Å². The summed E-state index contributed by atoms with van der Waals surface area (Å²) >= 11 is 0. The Balaban J connectivity index is 1.95. The predicted molar refractivity (Wildman–Crippen MR) is 120 cm³/mol. The van der Waals surface area contributed by atoms with Crippen LogP contribution in [0.15, 0.2) is 59.5 Å². The number of carbonyl (C=O) groups is 1. The van der Waals surface area contributed by atoms with Gasteiger partial charge in [0, 0.05) is 31.9 Å². The van der Waals surface area contributed by atoms with Gasteiger partial charge in [0.05, 0.1) is 17.9 Å². The molecular formula is C24H24N4O3. The number of aliphatic hydroxyl groups excluding tert-OH is 1. The van der Waals surface area contributed by atoms with Crippen molar-refractivity contribution in [3.05, 3.63) is 87.3 Å². The van der Waals surface area contributed by atoms with Gasteiger partial charge in [0.1, 0.15) is 11.6 Å². The fraction of sp³-hybridized carbons (Fsp3) is 0.208. The lowest BCUT2D eigenvalue weighted by Gasteiger charge is -2.13. The van der Waals surface area contributed by atoms with Gasteiger partial charge in [-0.2, -0.15) is 5.26 Å². The van der Waals surface area contributed by atoms with Crippen molar-refractivity contribution in [2.45, 2.75) is 13.5 Å². The molecule has 0 bridgehead atoms. The number of pyridine rings is 1. The Hall–Kier alpha value is -3.73. The Morgan fingerprint density at radius 3 is 2.68 bits per heavy atom. The van der Waals surface area contributed by atoms with Crippen molar-refractivity contribution >= 4 is 11.6 Å². The first-order chi connectivity index (χ1) is 14.9. The molecule has 1 aromatic heterocycles. The van der Waals surface area contributed by atoms with Gasteiger partial charge in [0.25, 0.3) is 11.5 Å². The van der Waals surface area contributed by atoms with E-state index in [4.69, 9.17) is 5.11 Å². The topological polar surface area (TPSA) is 107 Å². The fourth-order valence-electron chi connectivity index (χ4n) is 3.37. The molecule has 1 heterocycles. The first-order valence-electron chi connectivity index (χ1n) is 9.87. The number of benzene rings is 2. The maximum absolute atomic E-state index is 12.9. The van der Waals surface area contributed by atoms with Crippen LogP contribution in [0.4, 0.5) is 5.69 Å². The number of nitrogens with one attached hydrogen (secondary N) is 2. The summed E-state index contributed by atoms with van der Waals surface area (Å²) < 4.78 is 1.35. The molecule has 3 aromatic rings. The van der Waals surface area contributed by atoms with Crippen molar-refractivity contribution in [2.75, 3.05) is 18.5 Å². The molecule has 0 unspecified atom stereocenters. The number of aryl methyl sites for hydroxylation is 2. The van der Waals surface area contributed by atoms with E-state index in [2.05, 4.69) is 16.7 Å². The van der Waals surface area contributed by atoms with Gasteiger partial charge in [0.2, 0.25) is 0 Å². The first kappa shape index (κ1) is 22.0. The van der Waals surface area contributed by atoms with Crippen molar-refractivity contribution in [2.24, 2.45) is 7.05 Å². The lowest BCUT2D eigenvalue weighted by molar-refractivity contribution is 0.102. The molecule has 0 spiro atoms. The number of aliphatic hydroxyl groups is 1. The minimum absolute atomic E-state index is 0.00662. The van der Waals surface area contributed by atoms with Crippen molar-refractivity contribution in [1.29, 1.82) is 5.26 Å². The third-order valence-corrected chi connectivity index (χ3v) is 4.86. The van der Waals surface area contributed by atoms with Gasteiger partial charge in [-0.05, 0) is 30.2 Å². The zero-order chi connectivity index (χ0) is 22.4. The molecule has 7 heteroatoms. The molecule has 7 nitrogen and oxygen atoms in total. The third kappa shape index (κ3) is 5.07. The molecule has 0 atom stereocenters. The van der Waals surface area contributed by atoms with E-state index in [1.165, 1.54) is 10.6 Å². The maximum atomic E-state index is 12.9. The van der Waals surface area contributed by atoms with E-state index in [0.717, 1.165) is 16.7 Å². The molecule has 0 aliphatic carbocycles. The van der Waals surface area contributed by atoms with Gasteiger partial charge in [0.15, 0.2) is 0 Å². The average Bonchev–Trinajstić information content (AvgIpc) is 2.76. The second-order valence-electron chi connectivity index (χ2n) is 7.24. The monoisotopic (exact) mass is 416 g/mol. The van der Waals surface area contributed by atoms with Crippen molar-refractivity contribution < 1.29 is 9.90 Å². The van der Waals surface area contributed by atoms with E-state index in [1.807, 2.05) is 37.3 Å². The Morgan fingerprint density at radius 1 is 1.19 bits per heavy atom. The van der Waals surface area contributed by atoms with Gasteiger partial charge in [-0.1, -0.05) is 42.0 Å². The normalized spacial score (nSPS) is 10.5. The molecule has 0 saturated carbocycles. The summed E-state index contributed by atoms with van der Waals surface area (Å²) in [7, 11) is 1.58. The van der Waals surface area contributed by atoms with Crippen LogP contribution >= 0.6 is 0 Å². The number of anilines is 1. The van der Waals surface area contributed by atoms with Crippen LogP contribution in [0.3, 0.4) is 0 Å². The molecule has 2 aromatic carbocycles. The van der Waals surface area contributed by atoms with Gasteiger partial charge in [-0.15, -0.1) is 0 Å². The molecule has 31 heavy (non-hydrogen) atoms. The van der Waals surface area contributed by atoms with Crippen LogP contribution < -0.4 is 16.2 Å². The highest BCUT2D eigenvalue weighted by atomic mass is 16.3. The quantitative estimate of drug-likeness (QED) is 0.513. The van der Waals surface area contributed by atoms with Crippen LogP contribution in [0.25, 0.3) is 11.1 Å². The van der Waals surface area contributed by atoms with Gasteiger partial charge < -0.3 is 20.3 Å². The van der Waals surface area contributed by atoms with Crippen LogP contribution in [-0.4, -0.2) is 28.7 Å². The minimum Gasteiger partial charge on any atom is -0.395 e. The van der Waals surface area contributed by atoms with Gasteiger partial charge in [-0.3, -0.25) is 9.59 Å². The Kier molecular flexibility index (Phi) is 6.98. The van der Waals surface area contributed by atoms with Crippen LogP contribution in [0, 0.1) is 18.3 Å². The van der Waals surface area contributed by atoms with E-state index < -0.39 is 11.5 Å². The second kappa shape index (κ2) is 9.85. The molecule has 158 valence electrons. The lowest BCUT2D eigenvalue weighted by atomic mass is 9.97. The molecule has 0 saturated heterocycles. The molecule has 3 rings (SSSR count). The van der Waals surface area contributed by atoms with Crippen molar-refractivity contribution in [1.82, 2.24) is 9.88 Å². The zero-order valence-electron chi connectivity index (χ0n) is 17.5. The number of carbonyl (C=O) groups excluding carboxylic acids is 1. The standard InChI is InChI=1S/C24H24N4O3/c1-16-5-3-6-18(11-16)19-7-4-8-22(21(19)13-25)27-23(30)20-12-17(14-26-9-10-29)15-28(2)24(20)31/h3-8,11-12,15,26,29H,9-10,14H2,1-2H3,(H,27,30). The molecule has 3 N–H and O–H groups in total. The summed E-state index contributed by atoms with van der Waals surface area (Å²) in [5, 5.41) is 24.4. The SMILES string of the molecule is Cc1cccc(-c2cccc(NC(=O)c3cc(CNCCO)cn(C)c3=O)c2C#N)c1. The lowest BCUT2D eigenvalue weighted by Crippen LogP contribution is -2.29.